The zero-order chi connectivity index (χ0) is 21.9. The van der Waals surface area contributed by atoms with Gasteiger partial charge in [-0.15, -0.1) is 0 Å². The summed E-state index contributed by atoms with van der Waals surface area (Å²) >= 11 is 3.46. The van der Waals surface area contributed by atoms with Gasteiger partial charge in [-0.25, -0.2) is 5.43 Å². The summed E-state index contributed by atoms with van der Waals surface area (Å²) in [6.07, 6.45) is 2.49. The lowest BCUT2D eigenvalue weighted by Gasteiger charge is -2.12. The van der Waals surface area contributed by atoms with Gasteiger partial charge in [-0.1, -0.05) is 24.6 Å². The van der Waals surface area contributed by atoms with Gasteiger partial charge in [0.25, 0.3) is 0 Å². The lowest BCUT2D eigenvalue weighted by molar-refractivity contribution is -0.124. The van der Waals surface area contributed by atoms with Gasteiger partial charge in [-0.2, -0.15) is 5.10 Å². The highest BCUT2D eigenvalue weighted by Gasteiger charge is 2.11. The Morgan fingerprint density at radius 2 is 1.83 bits per heavy atom. The third kappa shape index (κ3) is 7.51. The molecular formula is C22H26BrN3O4. The fourth-order valence-electron chi connectivity index (χ4n) is 2.48. The van der Waals surface area contributed by atoms with Crippen molar-refractivity contribution < 1.29 is 19.1 Å². The number of carbonyl (C=O) groups excluding carboxylic acids is 2. The van der Waals surface area contributed by atoms with E-state index in [0.717, 1.165) is 22.0 Å². The van der Waals surface area contributed by atoms with Crippen LogP contribution in [0.25, 0.3) is 0 Å². The number of nitrogens with zero attached hydrogens (tertiary/aromatic N) is 1. The average molecular weight is 476 g/mol. The molecule has 0 bridgehead atoms. The maximum absolute atomic E-state index is 12.0. The number of aryl methyl sites for hydroxylation is 1. The molecule has 0 radical (unpaired) electrons. The van der Waals surface area contributed by atoms with E-state index in [1.807, 2.05) is 44.2 Å². The number of anilines is 1. The summed E-state index contributed by atoms with van der Waals surface area (Å²) in [7, 11) is 1.56. The Kier molecular flexibility index (Phi) is 9.34. The number of methoxy groups -OCH3 is 1. The van der Waals surface area contributed by atoms with Crippen LogP contribution in [0.1, 0.15) is 37.3 Å². The Morgan fingerprint density at radius 1 is 1.13 bits per heavy atom. The minimum atomic E-state index is -0.348. The summed E-state index contributed by atoms with van der Waals surface area (Å²) in [4.78, 5) is 23.9. The van der Waals surface area contributed by atoms with Gasteiger partial charge in [0, 0.05) is 18.5 Å². The Balaban J connectivity index is 1.84. The van der Waals surface area contributed by atoms with Crippen molar-refractivity contribution in [1.82, 2.24) is 5.43 Å². The van der Waals surface area contributed by atoms with Crippen molar-refractivity contribution in [3.63, 3.8) is 0 Å². The molecular weight excluding hydrogens is 450 g/mol. The van der Waals surface area contributed by atoms with Crippen molar-refractivity contribution in [3.05, 3.63) is 52.0 Å². The minimum Gasteiger partial charge on any atom is -0.493 e. The molecule has 2 N–H and O–H groups in total. The molecule has 0 saturated heterocycles. The fourth-order valence-corrected chi connectivity index (χ4v) is 3.05. The van der Waals surface area contributed by atoms with Gasteiger partial charge >= 0.3 is 0 Å². The first-order valence-corrected chi connectivity index (χ1v) is 10.4. The topological polar surface area (TPSA) is 89.0 Å². The summed E-state index contributed by atoms with van der Waals surface area (Å²) < 4.78 is 11.8. The molecule has 30 heavy (non-hydrogen) atoms. The number of hydrogen-bond donors (Lipinski definition) is 2. The highest BCUT2D eigenvalue weighted by Crippen LogP contribution is 2.36. The van der Waals surface area contributed by atoms with Crippen LogP contribution in [0, 0.1) is 6.92 Å². The van der Waals surface area contributed by atoms with Gasteiger partial charge in [0.15, 0.2) is 11.5 Å². The van der Waals surface area contributed by atoms with Crippen LogP contribution >= 0.6 is 15.9 Å². The van der Waals surface area contributed by atoms with Gasteiger partial charge < -0.3 is 14.8 Å². The molecule has 0 aliphatic rings. The van der Waals surface area contributed by atoms with Crippen molar-refractivity contribution >= 4 is 39.6 Å². The predicted octanol–water partition coefficient (Wildman–Crippen LogP) is 4.42. The number of carbonyl (C=O) groups is 2. The molecule has 8 heteroatoms. The van der Waals surface area contributed by atoms with Crippen molar-refractivity contribution in [2.45, 2.75) is 33.1 Å². The van der Waals surface area contributed by atoms with Crippen LogP contribution in [0.3, 0.4) is 0 Å². The lowest BCUT2D eigenvalue weighted by atomic mass is 10.2. The predicted molar refractivity (Wildman–Crippen MR) is 121 cm³/mol. The lowest BCUT2D eigenvalue weighted by Crippen LogP contribution is -2.20. The summed E-state index contributed by atoms with van der Waals surface area (Å²) in [5, 5.41) is 6.70. The molecule has 2 rings (SSSR count). The number of ether oxygens (including phenoxy) is 2. The molecule has 160 valence electrons. The third-order valence-corrected chi connectivity index (χ3v) is 4.61. The molecule has 0 spiro atoms. The molecule has 0 heterocycles. The van der Waals surface area contributed by atoms with Crippen LogP contribution in [-0.2, 0) is 9.59 Å². The van der Waals surface area contributed by atoms with Gasteiger partial charge in [0.2, 0.25) is 11.8 Å². The Morgan fingerprint density at radius 3 is 2.50 bits per heavy atom. The summed E-state index contributed by atoms with van der Waals surface area (Å²) in [5.74, 6) is 0.618. The van der Waals surface area contributed by atoms with Crippen LogP contribution in [0.4, 0.5) is 5.69 Å². The van der Waals surface area contributed by atoms with Crippen molar-refractivity contribution in [1.29, 1.82) is 0 Å². The molecule has 0 saturated carbocycles. The van der Waals surface area contributed by atoms with Crippen molar-refractivity contribution in [3.8, 4) is 11.5 Å². The van der Waals surface area contributed by atoms with Gasteiger partial charge in [-0.05, 0) is 59.1 Å². The normalized spacial score (nSPS) is 10.7. The van der Waals surface area contributed by atoms with E-state index in [4.69, 9.17) is 9.47 Å². The highest BCUT2D eigenvalue weighted by atomic mass is 79.9. The highest BCUT2D eigenvalue weighted by molar-refractivity contribution is 9.10. The van der Waals surface area contributed by atoms with Gasteiger partial charge in [0.1, 0.15) is 0 Å². The maximum Gasteiger partial charge on any atom is 0.240 e. The number of amides is 2. The quantitative estimate of drug-likeness (QED) is 0.393. The summed E-state index contributed by atoms with van der Waals surface area (Å²) in [6.45, 7) is 4.58. The third-order valence-electron chi connectivity index (χ3n) is 4.02. The second-order valence-corrected chi connectivity index (χ2v) is 7.44. The zero-order valence-electron chi connectivity index (χ0n) is 17.3. The molecule has 2 aromatic carbocycles. The van der Waals surface area contributed by atoms with E-state index in [1.54, 1.807) is 13.2 Å². The van der Waals surface area contributed by atoms with Gasteiger partial charge in [-0.3, -0.25) is 9.59 Å². The molecule has 0 aliphatic carbocycles. The fraction of sp³-hybridized carbons (Fsp3) is 0.318. The monoisotopic (exact) mass is 475 g/mol. The van der Waals surface area contributed by atoms with E-state index in [1.165, 1.54) is 6.21 Å². The Hall–Kier alpha value is -2.87. The molecule has 2 aromatic rings. The first-order chi connectivity index (χ1) is 14.4. The van der Waals surface area contributed by atoms with Crippen LogP contribution in [0.5, 0.6) is 11.5 Å². The van der Waals surface area contributed by atoms with Crippen LogP contribution in [0.15, 0.2) is 46.0 Å². The van der Waals surface area contributed by atoms with Crippen LogP contribution in [0.2, 0.25) is 0 Å². The van der Waals surface area contributed by atoms with E-state index in [9.17, 15) is 9.59 Å². The van der Waals surface area contributed by atoms with Crippen LogP contribution in [-0.4, -0.2) is 31.7 Å². The van der Waals surface area contributed by atoms with E-state index in [0.29, 0.717) is 23.8 Å². The number of nitrogens with one attached hydrogen (secondary N) is 2. The van der Waals surface area contributed by atoms with Crippen molar-refractivity contribution in [2.24, 2.45) is 5.10 Å². The number of hydrazone groups is 1. The number of benzene rings is 2. The number of halogens is 1. The minimum absolute atomic E-state index is 0.0336. The zero-order valence-corrected chi connectivity index (χ0v) is 18.9. The largest absolute Gasteiger partial charge is 0.493 e. The first kappa shape index (κ1) is 23.4. The van der Waals surface area contributed by atoms with Gasteiger partial charge in [0.05, 0.1) is 24.4 Å². The standard InChI is InChI=1S/C22H26BrN3O4/c1-4-11-30-22-18(23)12-16(13-19(22)29-3)14-24-26-21(28)10-9-20(27)25-17-7-5-15(2)6-8-17/h5-8,12-14H,4,9-11H2,1-3H3,(H,25,27)(H,26,28). The second kappa shape index (κ2) is 12.0. The number of hydrogen-bond acceptors (Lipinski definition) is 5. The Labute approximate surface area is 185 Å². The second-order valence-electron chi connectivity index (χ2n) is 6.59. The molecule has 0 unspecified atom stereocenters. The Bertz CT molecular complexity index is 898. The molecule has 7 nitrogen and oxygen atoms in total. The van der Waals surface area contributed by atoms with E-state index in [2.05, 4.69) is 31.8 Å². The maximum atomic E-state index is 12.0. The molecule has 0 aliphatic heterocycles. The van der Waals surface area contributed by atoms with E-state index in [-0.39, 0.29) is 24.7 Å². The smallest absolute Gasteiger partial charge is 0.240 e. The molecule has 2 amide bonds. The van der Waals surface area contributed by atoms with Crippen LogP contribution < -0.4 is 20.2 Å². The molecule has 0 atom stereocenters. The van der Waals surface area contributed by atoms with E-state index < -0.39 is 0 Å². The summed E-state index contributed by atoms with van der Waals surface area (Å²) in [5.41, 5.74) is 4.96. The van der Waals surface area contributed by atoms with E-state index >= 15 is 0 Å². The SMILES string of the molecule is CCCOc1c(Br)cc(C=NNC(=O)CCC(=O)Nc2ccc(C)cc2)cc1OC. The summed E-state index contributed by atoms with van der Waals surface area (Å²) in [6, 6.07) is 11.0. The average Bonchev–Trinajstić information content (AvgIpc) is 2.73. The number of rotatable bonds is 10. The molecule has 0 fully saturated rings. The molecule has 0 aromatic heterocycles. The van der Waals surface area contributed by atoms with Crippen molar-refractivity contribution in [2.75, 3.05) is 19.0 Å². The first-order valence-electron chi connectivity index (χ1n) is 9.61.